The third-order valence-corrected chi connectivity index (χ3v) is 2.31. The molecular weight excluding hydrogens is 198 g/mol. The van der Waals surface area contributed by atoms with Crippen LogP contribution in [-0.4, -0.2) is 6.08 Å². The molecule has 0 saturated carbocycles. The summed E-state index contributed by atoms with van der Waals surface area (Å²) in [5, 5.41) is 0.755. The maximum absolute atomic E-state index is 9.91. The van der Waals surface area contributed by atoms with Crippen LogP contribution >= 0.6 is 11.6 Å². The van der Waals surface area contributed by atoms with Crippen LogP contribution in [0.1, 0.15) is 24.5 Å². The maximum Gasteiger partial charge on any atom is 0.235 e. The molecule has 74 valence electrons. The summed E-state index contributed by atoms with van der Waals surface area (Å²) in [5.74, 6) is 0. The van der Waals surface area contributed by atoms with Gasteiger partial charge in [0.15, 0.2) is 0 Å². The Morgan fingerprint density at radius 2 is 2.29 bits per heavy atom. The van der Waals surface area contributed by atoms with Crippen LogP contribution in [-0.2, 0) is 17.8 Å². The molecule has 0 radical (unpaired) electrons. The molecule has 0 bridgehead atoms. The number of hydrogen-bond acceptors (Lipinski definition) is 2. The zero-order valence-electron chi connectivity index (χ0n) is 8.09. The molecule has 2 nitrogen and oxygen atoms in total. The molecule has 3 heteroatoms. The SMILES string of the molecule is CCCc1ccc(CN=C=O)cc1Cl. The summed E-state index contributed by atoms with van der Waals surface area (Å²) in [7, 11) is 0. The second-order valence-corrected chi connectivity index (χ2v) is 3.49. The molecule has 0 unspecified atom stereocenters. The number of hydrogen-bond donors (Lipinski definition) is 0. The number of aryl methyl sites for hydroxylation is 1. The van der Waals surface area contributed by atoms with Gasteiger partial charge in [0.05, 0.1) is 6.54 Å². The standard InChI is InChI=1S/C11H12ClNO/c1-2-3-10-5-4-9(6-11(10)12)7-13-8-14/h4-6H,2-3,7H2,1H3. The number of isocyanates is 1. The van der Waals surface area contributed by atoms with Crippen LogP contribution < -0.4 is 0 Å². The van der Waals surface area contributed by atoms with Gasteiger partial charge in [-0.15, -0.1) is 0 Å². The van der Waals surface area contributed by atoms with Gasteiger partial charge in [-0.05, 0) is 23.6 Å². The van der Waals surface area contributed by atoms with E-state index in [0.29, 0.717) is 6.54 Å². The van der Waals surface area contributed by atoms with Gasteiger partial charge in [-0.25, -0.2) is 9.79 Å². The van der Waals surface area contributed by atoms with Crippen molar-refractivity contribution in [2.45, 2.75) is 26.3 Å². The third-order valence-electron chi connectivity index (χ3n) is 1.96. The average molecular weight is 210 g/mol. The summed E-state index contributed by atoms with van der Waals surface area (Å²) < 4.78 is 0. The molecule has 0 aliphatic heterocycles. The van der Waals surface area contributed by atoms with Crippen molar-refractivity contribution in [3.63, 3.8) is 0 Å². The van der Waals surface area contributed by atoms with Crippen molar-refractivity contribution in [2.75, 3.05) is 0 Å². The van der Waals surface area contributed by atoms with E-state index in [-0.39, 0.29) is 0 Å². The molecule has 0 fully saturated rings. The van der Waals surface area contributed by atoms with E-state index >= 15 is 0 Å². The Kier molecular flexibility index (Phi) is 4.37. The first kappa shape index (κ1) is 11.0. The van der Waals surface area contributed by atoms with Crippen molar-refractivity contribution in [1.82, 2.24) is 0 Å². The molecule has 0 atom stereocenters. The smallest absolute Gasteiger partial charge is 0.211 e. The first-order valence-electron chi connectivity index (χ1n) is 4.59. The zero-order chi connectivity index (χ0) is 10.4. The first-order valence-corrected chi connectivity index (χ1v) is 4.96. The number of rotatable bonds is 4. The summed E-state index contributed by atoms with van der Waals surface area (Å²) in [4.78, 5) is 13.4. The Hall–Kier alpha value is -1.11. The second kappa shape index (κ2) is 5.58. The van der Waals surface area contributed by atoms with Crippen LogP contribution in [0.4, 0.5) is 0 Å². The molecular formula is C11H12ClNO. The summed E-state index contributed by atoms with van der Waals surface area (Å²) in [5.41, 5.74) is 2.09. The topological polar surface area (TPSA) is 29.4 Å². The van der Waals surface area contributed by atoms with E-state index in [4.69, 9.17) is 11.6 Å². The van der Waals surface area contributed by atoms with Crippen LogP contribution in [0.15, 0.2) is 23.2 Å². The summed E-state index contributed by atoms with van der Waals surface area (Å²) in [6.45, 7) is 2.47. The second-order valence-electron chi connectivity index (χ2n) is 3.08. The Morgan fingerprint density at radius 3 is 2.86 bits per heavy atom. The minimum Gasteiger partial charge on any atom is -0.211 e. The highest BCUT2D eigenvalue weighted by molar-refractivity contribution is 6.31. The normalized spacial score (nSPS) is 9.57. The van der Waals surface area contributed by atoms with Crippen molar-refractivity contribution in [3.8, 4) is 0 Å². The lowest BCUT2D eigenvalue weighted by molar-refractivity contribution is 0.563. The highest BCUT2D eigenvalue weighted by atomic mass is 35.5. The van der Waals surface area contributed by atoms with E-state index in [1.165, 1.54) is 6.08 Å². The molecule has 0 N–H and O–H groups in total. The molecule has 14 heavy (non-hydrogen) atoms. The summed E-state index contributed by atoms with van der Waals surface area (Å²) in [6, 6.07) is 5.78. The number of nitrogens with zero attached hydrogens (tertiary/aromatic N) is 1. The van der Waals surface area contributed by atoms with Crippen LogP contribution in [0.2, 0.25) is 5.02 Å². The molecule has 1 aromatic rings. The molecule has 0 aromatic heterocycles. The highest BCUT2D eigenvalue weighted by Crippen LogP contribution is 2.19. The molecule has 1 aromatic carbocycles. The van der Waals surface area contributed by atoms with Crippen molar-refractivity contribution in [2.24, 2.45) is 4.99 Å². The van der Waals surface area contributed by atoms with Gasteiger partial charge >= 0.3 is 0 Å². The van der Waals surface area contributed by atoms with E-state index < -0.39 is 0 Å². The number of aliphatic imine (C=N–C) groups is 1. The Labute approximate surface area is 88.6 Å². The van der Waals surface area contributed by atoms with Crippen molar-refractivity contribution in [1.29, 1.82) is 0 Å². The fraction of sp³-hybridized carbons (Fsp3) is 0.364. The lowest BCUT2D eigenvalue weighted by Crippen LogP contribution is -1.88. The Balaban J connectivity index is 2.82. The van der Waals surface area contributed by atoms with Gasteiger partial charge in [0, 0.05) is 5.02 Å². The number of halogens is 1. The minimum atomic E-state index is 0.357. The Bertz CT molecular complexity index is 356. The molecule has 0 amide bonds. The molecule has 1 rings (SSSR count). The summed E-state index contributed by atoms with van der Waals surface area (Å²) >= 11 is 6.05. The van der Waals surface area contributed by atoms with Gasteiger partial charge < -0.3 is 0 Å². The third kappa shape index (κ3) is 2.99. The fourth-order valence-corrected chi connectivity index (χ4v) is 1.58. The van der Waals surface area contributed by atoms with Crippen LogP contribution in [0.3, 0.4) is 0 Å². The molecule has 0 heterocycles. The van der Waals surface area contributed by atoms with Crippen molar-refractivity contribution >= 4 is 17.7 Å². The lowest BCUT2D eigenvalue weighted by atomic mass is 10.1. The van der Waals surface area contributed by atoms with E-state index in [2.05, 4.69) is 11.9 Å². The van der Waals surface area contributed by atoms with Gasteiger partial charge in [-0.3, -0.25) is 0 Å². The quantitative estimate of drug-likeness (QED) is 0.554. The van der Waals surface area contributed by atoms with E-state index in [9.17, 15) is 4.79 Å². The van der Waals surface area contributed by atoms with Gasteiger partial charge in [0.1, 0.15) is 0 Å². The predicted molar refractivity (Wildman–Crippen MR) is 57.3 cm³/mol. The van der Waals surface area contributed by atoms with Gasteiger partial charge in [-0.2, -0.15) is 0 Å². The number of carbonyl (C=O) groups excluding carboxylic acids is 1. The minimum absolute atomic E-state index is 0.357. The van der Waals surface area contributed by atoms with Crippen LogP contribution in [0.5, 0.6) is 0 Å². The molecule has 0 aliphatic rings. The van der Waals surface area contributed by atoms with Gasteiger partial charge in [-0.1, -0.05) is 37.1 Å². The average Bonchev–Trinajstić information content (AvgIpc) is 2.19. The van der Waals surface area contributed by atoms with Crippen molar-refractivity contribution < 1.29 is 4.79 Å². The molecule has 0 aliphatic carbocycles. The van der Waals surface area contributed by atoms with Crippen molar-refractivity contribution in [3.05, 3.63) is 34.3 Å². The fourth-order valence-electron chi connectivity index (χ4n) is 1.28. The van der Waals surface area contributed by atoms with Gasteiger partial charge in [0.25, 0.3) is 0 Å². The van der Waals surface area contributed by atoms with Crippen LogP contribution in [0.25, 0.3) is 0 Å². The Morgan fingerprint density at radius 1 is 1.50 bits per heavy atom. The highest BCUT2D eigenvalue weighted by Gasteiger charge is 2.00. The van der Waals surface area contributed by atoms with E-state index in [0.717, 1.165) is 29.0 Å². The monoisotopic (exact) mass is 209 g/mol. The molecule has 0 saturated heterocycles. The maximum atomic E-state index is 9.91. The van der Waals surface area contributed by atoms with E-state index in [1.54, 1.807) is 0 Å². The van der Waals surface area contributed by atoms with Gasteiger partial charge in [0.2, 0.25) is 6.08 Å². The predicted octanol–water partition coefficient (Wildman–Crippen LogP) is 3.13. The van der Waals surface area contributed by atoms with Crippen LogP contribution in [0, 0.1) is 0 Å². The zero-order valence-corrected chi connectivity index (χ0v) is 8.84. The summed E-state index contributed by atoms with van der Waals surface area (Å²) in [6.07, 6.45) is 3.56. The van der Waals surface area contributed by atoms with E-state index in [1.807, 2.05) is 18.2 Å². The first-order chi connectivity index (χ1) is 6.77. The largest absolute Gasteiger partial charge is 0.235 e. The number of benzene rings is 1. The molecule has 0 spiro atoms. The lowest BCUT2D eigenvalue weighted by Gasteiger charge is -2.03.